The average Bonchev–Trinajstić information content (AvgIpc) is 2.89. The van der Waals surface area contributed by atoms with Crippen LogP contribution >= 0.6 is 0 Å². The van der Waals surface area contributed by atoms with Crippen LogP contribution in [-0.4, -0.2) is 28.0 Å². The lowest BCUT2D eigenvalue weighted by Gasteiger charge is -2.05. The van der Waals surface area contributed by atoms with Gasteiger partial charge in [-0.15, -0.1) is 0 Å². The van der Waals surface area contributed by atoms with Crippen LogP contribution in [0.1, 0.15) is 16.3 Å². The lowest BCUT2D eigenvalue weighted by molar-refractivity contribution is 0.0594. The minimum atomic E-state index is -0.452. The van der Waals surface area contributed by atoms with E-state index < -0.39 is 5.97 Å². The molecule has 2 aromatic heterocycles. The van der Waals surface area contributed by atoms with Gasteiger partial charge in [0.1, 0.15) is 11.5 Å². The molecule has 6 nitrogen and oxygen atoms in total. The zero-order valence-corrected chi connectivity index (χ0v) is 9.30. The molecule has 0 saturated heterocycles. The van der Waals surface area contributed by atoms with Gasteiger partial charge < -0.3 is 15.0 Å². The highest BCUT2D eigenvalue weighted by Crippen LogP contribution is 2.09. The van der Waals surface area contributed by atoms with Crippen LogP contribution in [-0.2, 0) is 11.3 Å². The first-order chi connectivity index (χ1) is 8.29. The molecule has 0 atom stereocenters. The first-order valence-electron chi connectivity index (χ1n) is 5.06. The lowest BCUT2D eigenvalue weighted by Crippen LogP contribution is -2.06. The number of nitrogens with zero attached hydrogens (tertiary/aromatic N) is 2. The molecule has 0 aliphatic rings. The molecular formula is C11H12N4O2. The first-order valence-corrected chi connectivity index (χ1v) is 5.06. The van der Waals surface area contributed by atoms with E-state index in [1.807, 2.05) is 0 Å². The van der Waals surface area contributed by atoms with E-state index >= 15 is 0 Å². The van der Waals surface area contributed by atoms with Crippen LogP contribution in [0.5, 0.6) is 0 Å². The van der Waals surface area contributed by atoms with Gasteiger partial charge >= 0.3 is 5.97 Å². The van der Waals surface area contributed by atoms with Gasteiger partial charge in [-0.2, -0.15) is 0 Å². The summed E-state index contributed by atoms with van der Waals surface area (Å²) in [5.74, 6) is 0.369. The van der Waals surface area contributed by atoms with Gasteiger partial charge in [0, 0.05) is 24.3 Å². The topological polar surface area (TPSA) is 79.9 Å². The van der Waals surface area contributed by atoms with E-state index in [1.165, 1.54) is 7.11 Å². The van der Waals surface area contributed by atoms with Crippen LogP contribution in [0, 0.1) is 0 Å². The predicted molar refractivity (Wildman–Crippen MR) is 61.5 cm³/mol. The molecule has 0 bridgehead atoms. The Morgan fingerprint density at radius 1 is 1.47 bits per heavy atom. The third-order valence-corrected chi connectivity index (χ3v) is 2.17. The quantitative estimate of drug-likeness (QED) is 0.774. The fourth-order valence-corrected chi connectivity index (χ4v) is 1.34. The second kappa shape index (κ2) is 5.11. The highest BCUT2D eigenvalue weighted by molar-refractivity contribution is 5.88. The van der Waals surface area contributed by atoms with E-state index in [2.05, 4.69) is 25.0 Å². The van der Waals surface area contributed by atoms with E-state index in [9.17, 15) is 4.79 Å². The van der Waals surface area contributed by atoms with Gasteiger partial charge in [0.05, 0.1) is 13.7 Å². The van der Waals surface area contributed by atoms with Crippen molar-refractivity contribution in [2.45, 2.75) is 6.54 Å². The Bertz CT molecular complexity index is 496. The Morgan fingerprint density at radius 3 is 3.06 bits per heavy atom. The molecule has 17 heavy (non-hydrogen) atoms. The van der Waals surface area contributed by atoms with Crippen molar-refractivity contribution >= 4 is 11.7 Å². The lowest BCUT2D eigenvalue weighted by atomic mass is 10.3. The monoisotopic (exact) mass is 232 g/mol. The molecule has 0 aliphatic heterocycles. The summed E-state index contributed by atoms with van der Waals surface area (Å²) in [5, 5.41) is 3.12. The second-order valence-electron chi connectivity index (χ2n) is 3.31. The molecule has 2 aromatic rings. The molecule has 6 heteroatoms. The molecule has 2 heterocycles. The summed E-state index contributed by atoms with van der Waals surface area (Å²) in [7, 11) is 1.33. The number of aromatic amines is 1. The maximum absolute atomic E-state index is 11.3. The molecular weight excluding hydrogens is 220 g/mol. The number of carbonyl (C=O) groups is 1. The van der Waals surface area contributed by atoms with Crippen molar-refractivity contribution in [3.05, 3.63) is 42.2 Å². The van der Waals surface area contributed by atoms with Crippen LogP contribution in [0.25, 0.3) is 0 Å². The van der Waals surface area contributed by atoms with Crippen LogP contribution in [0.15, 0.2) is 30.7 Å². The minimum absolute atomic E-state index is 0.275. The van der Waals surface area contributed by atoms with Gasteiger partial charge in [-0.25, -0.2) is 14.8 Å². The Hall–Kier alpha value is -2.37. The predicted octanol–water partition coefficient (Wildman–Crippen LogP) is 1.20. The number of hydrogen-bond donors (Lipinski definition) is 2. The second-order valence-corrected chi connectivity index (χ2v) is 3.31. The third-order valence-electron chi connectivity index (χ3n) is 2.17. The maximum Gasteiger partial charge on any atom is 0.356 e. The van der Waals surface area contributed by atoms with Gasteiger partial charge in [-0.3, -0.25) is 0 Å². The summed E-state index contributed by atoms with van der Waals surface area (Å²) in [6.07, 6.45) is 4.99. The summed E-state index contributed by atoms with van der Waals surface area (Å²) in [4.78, 5) is 22.2. The van der Waals surface area contributed by atoms with Gasteiger partial charge in [0.15, 0.2) is 0 Å². The zero-order chi connectivity index (χ0) is 12.1. The molecule has 0 fully saturated rings. The smallest absolute Gasteiger partial charge is 0.356 e. The molecule has 0 amide bonds. The van der Waals surface area contributed by atoms with Crippen molar-refractivity contribution in [3.8, 4) is 0 Å². The van der Waals surface area contributed by atoms with Crippen LogP contribution in [0.3, 0.4) is 0 Å². The number of nitrogens with one attached hydrogen (secondary N) is 2. The van der Waals surface area contributed by atoms with Crippen LogP contribution in [0.2, 0.25) is 0 Å². The van der Waals surface area contributed by atoms with E-state index in [-0.39, 0.29) is 5.69 Å². The minimum Gasteiger partial charge on any atom is -0.464 e. The number of esters is 1. The normalized spacial score (nSPS) is 9.94. The number of anilines is 1. The van der Waals surface area contributed by atoms with Crippen LogP contribution < -0.4 is 5.32 Å². The number of carbonyl (C=O) groups excluding carboxylic acids is 1. The Labute approximate surface area is 98.1 Å². The Morgan fingerprint density at radius 2 is 2.35 bits per heavy atom. The van der Waals surface area contributed by atoms with E-state index in [0.717, 1.165) is 11.5 Å². The summed E-state index contributed by atoms with van der Waals surface area (Å²) >= 11 is 0. The first kappa shape index (κ1) is 11.1. The summed E-state index contributed by atoms with van der Waals surface area (Å²) < 4.78 is 4.59. The largest absolute Gasteiger partial charge is 0.464 e. The van der Waals surface area contributed by atoms with Crippen molar-refractivity contribution in [3.63, 3.8) is 0 Å². The molecule has 2 rings (SSSR count). The fraction of sp³-hybridized carbons (Fsp3) is 0.182. The fourth-order valence-electron chi connectivity index (χ4n) is 1.34. The summed E-state index contributed by atoms with van der Waals surface area (Å²) in [6, 6.07) is 3.41. The number of imidazole rings is 1. The number of methoxy groups -OCH3 is 1. The average molecular weight is 232 g/mol. The van der Waals surface area contributed by atoms with Gasteiger partial charge in [0.25, 0.3) is 0 Å². The number of ether oxygens (including phenoxy) is 1. The van der Waals surface area contributed by atoms with E-state index in [1.54, 1.807) is 30.7 Å². The molecule has 0 unspecified atom stereocenters. The van der Waals surface area contributed by atoms with Crippen molar-refractivity contribution in [1.29, 1.82) is 0 Å². The Balaban J connectivity index is 2.03. The van der Waals surface area contributed by atoms with Crippen molar-refractivity contribution in [1.82, 2.24) is 15.0 Å². The highest BCUT2D eigenvalue weighted by atomic mass is 16.5. The summed E-state index contributed by atoms with van der Waals surface area (Å²) in [5.41, 5.74) is 1.06. The number of H-pyrrole nitrogens is 1. The molecule has 2 N–H and O–H groups in total. The molecule has 0 aromatic carbocycles. The van der Waals surface area contributed by atoms with Gasteiger partial charge in [0.2, 0.25) is 0 Å². The van der Waals surface area contributed by atoms with Gasteiger partial charge in [-0.1, -0.05) is 0 Å². The molecule has 0 radical (unpaired) electrons. The zero-order valence-electron chi connectivity index (χ0n) is 9.30. The molecule has 0 saturated carbocycles. The van der Waals surface area contributed by atoms with Crippen molar-refractivity contribution in [2.24, 2.45) is 0 Å². The van der Waals surface area contributed by atoms with Crippen molar-refractivity contribution < 1.29 is 9.53 Å². The highest BCUT2D eigenvalue weighted by Gasteiger charge is 2.07. The van der Waals surface area contributed by atoms with E-state index in [4.69, 9.17) is 0 Å². The summed E-state index contributed by atoms with van der Waals surface area (Å²) in [6.45, 7) is 0.553. The standard InChI is InChI=1S/C11H12N4O2/c1-17-11(16)9-6-8(2-3-12-9)15-7-10-13-4-5-14-10/h2-6H,7H2,1H3,(H,12,15)(H,13,14). The number of hydrogen-bond acceptors (Lipinski definition) is 5. The van der Waals surface area contributed by atoms with Crippen LogP contribution in [0.4, 0.5) is 5.69 Å². The van der Waals surface area contributed by atoms with Crippen molar-refractivity contribution in [2.75, 3.05) is 12.4 Å². The van der Waals surface area contributed by atoms with E-state index in [0.29, 0.717) is 6.54 Å². The maximum atomic E-state index is 11.3. The van der Waals surface area contributed by atoms with Gasteiger partial charge in [-0.05, 0) is 12.1 Å². The number of pyridine rings is 1. The Kier molecular flexibility index (Phi) is 3.34. The SMILES string of the molecule is COC(=O)c1cc(NCc2ncc[nH]2)ccn1. The third kappa shape index (κ3) is 2.81. The molecule has 0 aliphatic carbocycles. The molecule has 0 spiro atoms. The number of rotatable bonds is 4. The molecule has 88 valence electrons. The number of aromatic nitrogens is 3.